The van der Waals surface area contributed by atoms with Gasteiger partial charge in [-0.05, 0) is 37.5 Å². The molecule has 0 aliphatic rings. The number of esters is 4. The van der Waals surface area contributed by atoms with Crippen LogP contribution in [0.4, 0.5) is 0 Å². The maximum Gasteiger partial charge on any atom is 0.472 e. The SMILES string of the molecule is CCCCCCCCCCCCCCCCCCCCCCC(=O)OC[C@H](COP(=O)(O)OC[C@@H](O)COP(=O)(O)OC[C@@H](COC(=O)CCCCCCCCC)OC(=O)CCCCCCCCCC(C)C)OC(=O)CCCCCCCCCCCCCCCCCCCCC(C)CC. The summed E-state index contributed by atoms with van der Waals surface area (Å²) in [6.45, 7) is 9.57. The van der Waals surface area contributed by atoms with E-state index in [1.54, 1.807) is 0 Å². The molecular weight excluding hydrogens is 1290 g/mol. The molecule has 588 valence electrons. The van der Waals surface area contributed by atoms with Gasteiger partial charge in [0.05, 0.1) is 26.4 Å². The molecule has 0 radical (unpaired) electrons. The van der Waals surface area contributed by atoms with Crippen LogP contribution in [-0.4, -0.2) is 96.7 Å². The predicted octanol–water partition coefficient (Wildman–Crippen LogP) is 23.9. The van der Waals surface area contributed by atoms with Gasteiger partial charge in [-0.2, -0.15) is 0 Å². The van der Waals surface area contributed by atoms with Crippen molar-refractivity contribution in [3.63, 3.8) is 0 Å². The van der Waals surface area contributed by atoms with Crippen molar-refractivity contribution in [2.75, 3.05) is 39.6 Å². The fraction of sp³-hybridized carbons (Fsp3) is 0.950. The maximum absolute atomic E-state index is 13.1. The van der Waals surface area contributed by atoms with Gasteiger partial charge in [-0.25, -0.2) is 9.13 Å². The van der Waals surface area contributed by atoms with E-state index in [0.29, 0.717) is 31.6 Å². The maximum atomic E-state index is 13.1. The standard InChI is InChI=1S/C80H156O17P2/c1-7-10-12-14-16-17-18-19-20-21-22-23-27-30-33-36-39-45-51-57-63-78(83)91-69-76(96-79(84)64-58-52-46-40-37-34-31-28-25-24-26-29-32-35-38-44-49-55-61-73(6)9-3)71-95-99(88,89)93-67-74(81)66-92-98(86,87)94-70-75(68-90-77(82)62-56-50-42-15-13-11-8-2)97-80(85)65-59-53-47-41-43-48-54-60-72(4)5/h72-76,81H,7-71H2,1-6H3,(H,86,87)(H,88,89)/t73?,74-,75+,76+/m0/s1. The summed E-state index contributed by atoms with van der Waals surface area (Å²) in [5.74, 6) is -0.552. The molecule has 0 aromatic carbocycles. The molecule has 0 amide bonds. The normalized spacial score (nSPS) is 14.2. The van der Waals surface area contributed by atoms with Crippen LogP contribution >= 0.6 is 15.6 Å². The minimum absolute atomic E-state index is 0.103. The average molecular weight is 1450 g/mol. The third kappa shape index (κ3) is 72.8. The summed E-state index contributed by atoms with van der Waals surface area (Å²) in [7, 11) is -9.91. The topological polar surface area (TPSA) is 237 Å². The average Bonchev–Trinajstić information content (AvgIpc) is 1.10. The third-order valence-corrected chi connectivity index (χ3v) is 21.0. The van der Waals surface area contributed by atoms with E-state index in [0.717, 1.165) is 109 Å². The molecule has 0 heterocycles. The summed E-state index contributed by atoms with van der Waals surface area (Å²) in [6.07, 6.45) is 61.5. The number of hydrogen-bond acceptors (Lipinski definition) is 15. The van der Waals surface area contributed by atoms with Crippen LogP contribution in [0.5, 0.6) is 0 Å². The Morgan fingerprint density at radius 2 is 0.515 bits per heavy atom. The number of unbranched alkanes of at least 4 members (excludes halogenated alkanes) is 48. The second-order valence-electron chi connectivity index (χ2n) is 29.5. The number of phosphoric acid groups is 2. The van der Waals surface area contributed by atoms with E-state index in [9.17, 15) is 43.2 Å². The van der Waals surface area contributed by atoms with Crippen LogP contribution in [0.25, 0.3) is 0 Å². The van der Waals surface area contributed by atoms with Crippen molar-refractivity contribution in [2.45, 2.75) is 439 Å². The van der Waals surface area contributed by atoms with Gasteiger partial charge in [0, 0.05) is 25.7 Å². The Morgan fingerprint density at radius 1 is 0.293 bits per heavy atom. The van der Waals surface area contributed by atoms with Gasteiger partial charge in [-0.1, -0.05) is 369 Å². The molecule has 0 bridgehead atoms. The van der Waals surface area contributed by atoms with E-state index in [1.807, 2.05) is 0 Å². The number of aliphatic hydroxyl groups is 1. The number of rotatable bonds is 79. The van der Waals surface area contributed by atoms with E-state index >= 15 is 0 Å². The van der Waals surface area contributed by atoms with Crippen molar-refractivity contribution in [1.29, 1.82) is 0 Å². The van der Waals surface area contributed by atoms with Gasteiger partial charge in [-0.15, -0.1) is 0 Å². The second-order valence-corrected chi connectivity index (χ2v) is 32.4. The van der Waals surface area contributed by atoms with Gasteiger partial charge < -0.3 is 33.8 Å². The minimum Gasteiger partial charge on any atom is -0.462 e. The smallest absolute Gasteiger partial charge is 0.462 e. The van der Waals surface area contributed by atoms with Crippen molar-refractivity contribution >= 4 is 39.5 Å². The van der Waals surface area contributed by atoms with Crippen molar-refractivity contribution in [2.24, 2.45) is 11.8 Å². The van der Waals surface area contributed by atoms with E-state index in [2.05, 4.69) is 41.5 Å². The highest BCUT2D eigenvalue weighted by molar-refractivity contribution is 7.47. The van der Waals surface area contributed by atoms with Crippen LogP contribution in [0.3, 0.4) is 0 Å². The first kappa shape index (κ1) is 97.1. The Balaban J connectivity index is 5.13. The van der Waals surface area contributed by atoms with Gasteiger partial charge in [0.25, 0.3) is 0 Å². The van der Waals surface area contributed by atoms with Crippen LogP contribution in [0.2, 0.25) is 0 Å². The highest BCUT2D eigenvalue weighted by Gasteiger charge is 2.30. The van der Waals surface area contributed by atoms with E-state index in [4.69, 9.17) is 37.0 Å². The zero-order chi connectivity index (χ0) is 72.8. The molecule has 0 aliphatic carbocycles. The van der Waals surface area contributed by atoms with Gasteiger partial charge in [0.15, 0.2) is 12.2 Å². The first-order valence-corrected chi connectivity index (χ1v) is 44.5. The molecule has 0 saturated heterocycles. The molecule has 0 aromatic rings. The molecule has 3 N–H and O–H groups in total. The number of carbonyl (C=O) groups is 4. The summed E-state index contributed by atoms with van der Waals surface area (Å²) < 4.78 is 68.5. The lowest BCUT2D eigenvalue weighted by molar-refractivity contribution is -0.161. The van der Waals surface area contributed by atoms with Crippen LogP contribution in [-0.2, 0) is 65.4 Å². The number of carbonyl (C=O) groups excluding carboxylic acids is 4. The molecule has 0 rings (SSSR count). The van der Waals surface area contributed by atoms with Gasteiger partial charge in [0.1, 0.15) is 19.3 Å². The lowest BCUT2D eigenvalue weighted by atomic mass is 9.99. The van der Waals surface area contributed by atoms with Gasteiger partial charge in [-0.3, -0.25) is 37.3 Å². The fourth-order valence-electron chi connectivity index (χ4n) is 12.3. The summed E-state index contributed by atoms with van der Waals surface area (Å²) in [5.41, 5.74) is 0. The Morgan fingerprint density at radius 3 is 0.768 bits per heavy atom. The monoisotopic (exact) mass is 1450 g/mol. The summed E-state index contributed by atoms with van der Waals surface area (Å²) in [4.78, 5) is 72.7. The molecule has 6 atom stereocenters. The molecular formula is C80H156O17P2. The van der Waals surface area contributed by atoms with Crippen molar-refractivity contribution in [1.82, 2.24) is 0 Å². The largest absolute Gasteiger partial charge is 0.472 e. The number of ether oxygens (including phenoxy) is 4. The summed E-state index contributed by atoms with van der Waals surface area (Å²) in [6, 6.07) is 0. The van der Waals surface area contributed by atoms with Crippen LogP contribution in [0, 0.1) is 11.8 Å². The highest BCUT2D eigenvalue weighted by Crippen LogP contribution is 2.45. The van der Waals surface area contributed by atoms with Crippen molar-refractivity contribution in [3.8, 4) is 0 Å². The van der Waals surface area contributed by atoms with Gasteiger partial charge >= 0.3 is 39.5 Å². The Hall–Kier alpha value is -1.94. The fourth-order valence-corrected chi connectivity index (χ4v) is 13.9. The molecule has 0 saturated carbocycles. The molecule has 17 nitrogen and oxygen atoms in total. The third-order valence-electron chi connectivity index (χ3n) is 19.1. The zero-order valence-electron chi connectivity index (χ0n) is 64.8. The van der Waals surface area contributed by atoms with E-state index < -0.39 is 97.5 Å². The second kappa shape index (κ2) is 71.7. The van der Waals surface area contributed by atoms with Gasteiger partial charge in [0.2, 0.25) is 0 Å². The van der Waals surface area contributed by atoms with Crippen LogP contribution in [0.15, 0.2) is 0 Å². The quantitative estimate of drug-likeness (QED) is 0.0222. The molecule has 0 aliphatic heterocycles. The van der Waals surface area contributed by atoms with E-state index in [-0.39, 0.29) is 25.7 Å². The zero-order valence-corrected chi connectivity index (χ0v) is 66.6. The molecule has 0 fully saturated rings. The first-order valence-electron chi connectivity index (χ1n) is 41.5. The molecule has 0 aromatic heterocycles. The number of aliphatic hydroxyl groups excluding tert-OH is 1. The van der Waals surface area contributed by atoms with E-state index in [1.165, 1.54) is 225 Å². The van der Waals surface area contributed by atoms with Crippen LogP contribution in [0.1, 0.15) is 420 Å². The lowest BCUT2D eigenvalue weighted by Gasteiger charge is -2.21. The lowest BCUT2D eigenvalue weighted by Crippen LogP contribution is -2.30. The Bertz CT molecular complexity index is 1910. The summed E-state index contributed by atoms with van der Waals surface area (Å²) in [5, 5.41) is 10.6. The molecule has 0 spiro atoms. The molecule has 99 heavy (non-hydrogen) atoms. The van der Waals surface area contributed by atoms with Crippen LogP contribution < -0.4 is 0 Å². The Labute approximate surface area is 607 Å². The highest BCUT2D eigenvalue weighted by atomic mass is 31.2. The Kier molecular flexibility index (Phi) is 70.3. The number of hydrogen-bond donors (Lipinski definition) is 3. The molecule has 3 unspecified atom stereocenters. The molecule has 19 heteroatoms. The minimum atomic E-state index is -4.96. The number of phosphoric ester groups is 2. The first-order chi connectivity index (χ1) is 47.9. The van der Waals surface area contributed by atoms with Crippen molar-refractivity contribution in [3.05, 3.63) is 0 Å². The summed E-state index contributed by atoms with van der Waals surface area (Å²) >= 11 is 0. The predicted molar refractivity (Wildman–Crippen MR) is 405 cm³/mol. The van der Waals surface area contributed by atoms with Crippen molar-refractivity contribution < 1.29 is 80.2 Å².